The fourth-order valence-corrected chi connectivity index (χ4v) is 2.29. The van der Waals surface area contributed by atoms with Gasteiger partial charge < -0.3 is 5.11 Å². The molecule has 14 heavy (non-hydrogen) atoms. The summed E-state index contributed by atoms with van der Waals surface area (Å²) in [6.45, 7) is 8.82. The summed E-state index contributed by atoms with van der Waals surface area (Å²) in [5, 5.41) is 9.62. The predicted molar refractivity (Wildman–Crippen MR) is 60.3 cm³/mol. The molecule has 2 atom stereocenters. The topological polar surface area (TPSA) is 23.5 Å². The van der Waals surface area contributed by atoms with Crippen molar-refractivity contribution in [2.24, 2.45) is 5.92 Å². The van der Waals surface area contributed by atoms with Crippen molar-refractivity contribution >= 4 is 0 Å². The molecule has 1 rings (SSSR count). The number of hydrogen-bond acceptors (Lipinski definition) is 2. The largest absolute Gasteiger partial charge is 0.392 e. The molecule has 2 nitrogen and oxygen atoms in total. The molecule has 0 aromatic heterocycles. The maximum Gasteiger partial charge on any atom is 0.0682 e. The summed E-state index contributed by atoms with van der Waals surface area (Å²) in [6, 6.07) is 0.647. The Morgan fingerprint density at radius 3 is 2.71 bits per heavy atom. The van der Waals surface area contributed by atoms with Gasteiger partial charge in [-0.25, -0.2) is 0 Å². The predicted octanol–water partition coefficient (Wildman–Crippen LogP) is 2.27. The van der Waals surface area contributed by atoms with E-state index < -0.39 is 0 Å². The van der Waals surface area contributed by atoms with Crippen LogP contribution in [0, 0.1) is 5.92 Å². The van der Waals surface area contributed by atoms with E-state index in [0.717, 1.165) is 18.9 Å². The molecule has 0 aliphatic carbocycles. The highest BCUT2D eigenvalue weighted by Crippen LogP contribution is 2.22. The third-order valence-electron chi connectivity index (χ3n) is 3.12. The van der Waals surface area contributed by atoms with Crippen molar-refractivity contribution in [3.63, 3.8) is 0 Å². The van der Waals surface area contributed by atoms with Gasteiger partial charge in [0.05, 0.1) is 6.10 Å². The van der Waals surface area contributed by atoms with Crippen LogP contribution in [0.1, 0.15) is 46.5 Å². The van der Waals surface area contributed by atoms with Crippen LogP contribution in [-0.2, 0) is 0 Å². The molecule has 2 heteroatoms. The van der Waals surface area contributed by atoms with Gasteiger partial charge in [0.1, 0.15) is 0 Å². The Hall–Kier alpha value is -0.0800. The molecule has 0 bridgehead atoms. The van der Waals surface area contributed by atoms with Gasteiger partial charge >= 0.3 is 0 Å². The molecule has 0 spiro atoms. The van der Waals surface area contributed by atoms with Gasteiger partial charge in [-0.05, 0) is 31.7 Å². The molecule has 84 valence electrons. The molecular formula is C12H25NO. The minimum absolute atomic E-state index is 0.0706. The number of hydrogen-bond donors (Lipinski definition) is 1. The summed E-state index contributed by atoms with van der Waals surface area (Å²) < 4.78 is 0. The fourth-order valence-electron chi connectivity index (χ4n) is 2.29. The zero-order chi connectivity index (χ0) is 10.6. The highest BCUT2D eigenvalue weighted by Gasteiger charge is 2.29. The van der Waals surface area contributed by atoms with Crippen molar-refractivity contribution in [1.82, 2.24) is 4.90 Å². The normalized spacial score (nSPS) is 28.9. The van der Waals surface area contributed by atoms with Crippen LogP contribution in [0.15, 0.2) is 0 Å². The van der Waals surface area contributed by atoms with Gasteiger partial charge in [-0.15, -0.1) is 0 Å². The van der Waals surface area contributed by atoms with Gasteiger partial charge in [-0.1, -0.05) is 27.2 Å². The molecule has 0 amide bonds. The van der Waals surface area contributed by atoms with Crippen LogP contribution in [0.4, 0.5) is 0 Å². The first-order valence-corrected chi connectivity index (χ1v) is 6.05. The van der Waals surface area contributed by atoms with E-state index in [4.69, 9.17) is 0 Å². The van der Waals surface area contributed by atoms with Crippen molar-refractivity contribution in [3.05, 3.63) is 0 Å². The standard InChI is InChI=1S/C12H25NO/c1-4-5-11-8-12(14)9-13(11)7-6-10(2)3/h10-12,14H,4-9H2,1-3H3/t11-,12-/m0/s1. The third kappa shape index (κ3) is 3.58. The lowest BCUT2D eigenvalue weighted by atomic mass is 10.1. The molecule has 0 unspecified atom stereocenters. The lowest BCUT2D eigenvalue weighted by Gasteiger charge is -2.24. The lowest BCUT2D eigenvalue weighted by Crippen LogP contribution is -2.31. The van der Waals surface area contributed by atoms with E-state index >= 15 is 0 Å². The second kappa shape index (κ2) is 5.72. The Morgan fingerprint density at radius 2 is 2.14 bits per heavy atom. The number of rotatable bonds is 5. The third-order valence-corrected chi connectivity index (χ3v) is 3.12. The minimum atomic E-state index is -0.0706. The number of β-amino-alcohol motifs (C(OH)–C–C–N with tert-alkyl or cyclic N) is 1. The first kappa shape index (κ1) is 12.0. The minimum Gasteiger partial charge on any atom is -0.392 e. The van der Waals surface area contributed by atoms with E-state index in [2.05, 4.69) is 25.7 Å². The molecule has 1 heterocycles. The van der Waals surface area contributed by atoms with Crippen LogP contribution in [0.3, 0.4) is 0 Å². The Kier molecular flexibility index (Phi) is 4.90. The number of likely N-dealkylation sites (tertiary alicyclic amines) is 1. The molecule has 1 aliphatic rings. The van der Waals surface area contributed by atoms with Gasteiger partial charge in [0.15, 0.2) is 0 Å². The molecule has 0 saturated carbocycles. The number of aliphatic hydroxyl groups excluding tert-OH is 1. The van der Waals surface area contributed by atoms with Crippen molar-refractivity contribution in [2.75, 3.05) is 13.1 Å². The molecule has 0 aromatic rings. The summed E-state index contributed by atoms with van der Waals surface area (Å²) in [7, 11) is 0. The van der Waals surface area contributed by atoms with Crippen LogP contribution in [0.25, 0.3) is 0 Å². The van der Waals surface area contributed by atoms with E-state index in [0.29, 0.717) is 6.04 Å². The average molecular weight is 199 g/mol. The van der Waals surface area contributed by atoms with E-state index in [1.54, 1.807) is 0 Å². The maximum atomic E-state index is 9.62. The Bertz CT molecular complexity index is 158. The molecule has 1 fully saturated rings. The number of aliphatic hydroxyl groups is 1. The van der Waals surface area contributed by atoms with Crippen LogP contribution >= 0.6 is 0 Å². The molecule has 1 aliphatic heterocycles. The van der Waals surface area contributed by atoms with Gasteiger partial charge in [0.25, 0.3) is 0 Å². The van der Waals surface area contributed by atoms with E-state index in [9.17, 15) is 5.11 Å². The SMILES string of the molecule is CCC[C@H]1C[C@H](O)CN1CCC(C)C. The summed E-state index contributed by atoms with van der Waals surface area (Å²) in [4.78, 5) is 2.48. The summed E-state index contributed by atoms with van der Waals surface area (Å²) >= 11 is 0. The second-order valence-corrected chi connectivity index (χ2v) is 5.01. The molecule has 0 radical (unpaired) electrons. The van der Waals surface area contributed by atoms with Crippen LogP contribution < -0.4 is 0 Å². The first-order valence-electron chi connectivity index (χ1n) is 6.05. The summed E-state index contributed by atoms with van der Waals surface area (Å²) in [5.74, 6) is 0.773. The van der Waals surface area contributed by atoms with E-state index in [-0.39, 0.29) is 6.10 Å². The van der Waals surface area contributed by atoms with E-state index in [1.807, 2.05) is 0 Å². The van der Waals surface area contributed by atoms with Gasteiger partial charge in [-0.2, -0.15) is 0 Å². The molecule has 0 aromatic carbocycles. The zero-order valence-corrected chi connectivity index (χ0v) is 9.87. The molecular weight excluding hydrogens is 174 g/mol. The van der Waals surface area contributed by atoms with Crippen molar-refractivity contribution < 1.29 is 5.11 Å². The Morgan fingerprint density at radius 1 is 1.43 bits per heavy atom. The fraction of sp³-hybridized carbons (Fsp3) is 1.00. The van der Waals surface area contributed by atoms with Crippen LogP contribution in [0.5, 0.6) is 0 Å². The van der Waals surface area contributed by atoms with Crippen molar-refractivity contribution in [3.8, 4) is 0 Å². The highest BCUT2D eigenvalue weighted by molar-refractivity contribution is 4.84. The average Bonchev–Trinajstić information content (AvgIpc) is 2.44. The Labute approximate surface area is 88.3 Å². The van der Waals surface area contributed by atoms with Crippen LogP contribution in [0.2, 0.25) is 0 Å². The summed E-state index contributed by atoms with van der Waals surface area (Å²) in [6.07, 6.45) is 4.66. The monoisotopic (exact) mass is 199 g/mol. The zero-order valence-electron chi connectivity index (χ0n) is 9.87. The van der Waals surface area contributed by atoms with Gasteiger partial charge in [0.2, 0.25) is 0 Å². The Balaban J connectivity index is 2.33. The molecule has 1 saturated heterocycles. The maximum absolute atomic E-state index is 9.62. The number of nitrogens with zero attached hydrogens (tertiary/aromatic N) is 1. The molecule has 1 N–H and O–H groups in total. The lowest BCUT2D eigenvalue weighted by molar-refractivity contribution is 0.172. The van der Waals surface area contributed by atoms with E-state index in [1.165, 1.54) is 25.8 Å². The quantitative estimate of drug-likeness (QED) is 0.734. The summed E-state index contributed by atoms with van der Waals surface area (Å²) in [5.41, 5.74) is 0. The van der Waals surface area contributed by atoms with Crippen molar-refractivity contribution in [2.45, 2.75) is 58.6 Å². The van der Waals surface area contributed by atoms with Gasteiger partial charge in [0, 0.05) is 12.6 Å². The smallest absolute Gasteiger partial charge is 0.0682 e. The first-order chi connectivity index (χ1) is 6.63. The highest BCUT2D eigenvalue weighted by atomic mass is 16.3. The second-order valence-electron chi connectivity index (χ2n) is 5.01. The van der Waals surface area contributed by atoms with Gasteiger partial charge in [-0.3, -0.25) is 4.90 Å². The van der Waals surface area contributed by atoms with Crippen LogP contribution in [-0.4, -0.2) is 35.2 Å². The van der Waals surface area contributed by atoms with Crippen molar-refractivity contribution in [1.29, 1.82) is 0 Å².